The molecule has 3 N–H and O–H groups in total. The summed E-state index contributed by atoms with van der Waals surface area (Å²) in [5, 5.41) is 2.88. The molecule has 2 heterocycles. The van der Waals surface area contributed by atoms with Crippen LogP contribution in [0, 0.1) is 0 Å². The van der Waals surface area contributed by atoms with Crippen molar-refractivity contribution in [2.45, 2.75) is 0 Å². The van der Waals surface area contributed by atoms with Gasteiger partial charge < -0.3 is 16.0 Å². The van der Waals surface area contributed by atoms with Crippen LogP contribution < -0.4 is 11.1 Å². The van der Waals surface area contributed by atoms with E-state index in [-0.39, 0.29) is 29.2 Å². The quantitative estimate of drug-likeness (QED) is 0.732. The molecule has 0 saturated carbocycles. The van der Waals surface area contributed by atoms with Gasteiger partial charge in [-0.3, -0.25) is 9.59 Å². The van der Waals surface area contributed by atoms with E-state index in [4.69, 9.17) is 17.3 Å². The maximum atomic E-state index is 12.0. The Hall–Kier alpha value is -1.82. The van der Waals surface area contributed by atoms with Gasteiger partial charge >= 0.3 is 0 Å². The second-order valence-electron chi connectivity index (χ2n) is 3.67. The number of anilines is 1. The number of pyridine rings is 1. The van der Waals surface area contributed by atoms with Crippen molar-refractivity contribution >= 4 is 29.2 Å². The van der Waals surface area contributed by atoms with E-state index in [1.807, 2.05) is 0 Å². The van der Waals surface area contributed by atoms with Crippen LogP contribution >= 0.6 is 11.6 Å². The number of piperazine rings is 1. The van der Waals surface area contributed by atoms with Gasteiger partial charge in [-0.2, -0.15) is 0 Å². The number of carbonyl (C=O) groups excluding carboxylic acids is 2. The second kappa shape index (κ2) is 4.58. The highest BCUT2D eigenvalue weighted by atomic mass is 35.5. The van der Waals surface area contributed by atoms with Crippen molar-refractivity contribution in [3.63, 3.8) is 0 Å². The lowest BCUT2D eigenvalue weighted by Gasteiger charge is -2.26. The summed E-state index contributed by atoms with van der Waals surface area (Å²) in [7, 11) is 0. The van der Waals surface area contributed by atoms with E-state index in [9.17, 15) is 9.59 Å². The highest BCUT2D eigenvalue weighted by Crippen LogP contribution is 2.17. The largest absolute Gasteiger partial charge is 0.382 e. The molecule has 1 fully saturated rings. The normalized spacial score (nSPS) is 15.6. The summed E-state index contributed by atoms with van der Waals surface area (Å²) in [5.41, 5.74) is 5.79. The van der Waals surface area contributed by atoms with Crippen LogP contribution in [0.3, 0.4) is 0 Å². The lowest BCUT2D eigenvalue weighted by Crippen LogP contribution is -2.50. The molecule has 0 unspecified atom stereocenters. The average Bonchev–Trinajstić information content (AvgIpc) is 2.32. The first-order chi connectivity index (χ1) is 8.08. The van der Waals surface area contributed by atoms with Crippen molar-refractivity contribution < 1.29 is 9.59 Å². The Morgan fingerprint density at radius 1 is 1.59 bits per heavy atom. The van der Waals surface area contributed by atoms with Crippen molar-refractivity contribution in [1.82, 2.24) is 15.2 Å². The Balaban J connectivity index is 2.18. The van der Waals surface area contributed by atoms with Gasteiger partial charge in [0.2, 0.25) is 5.91 Å². The number of hydrogen-bond acceptors (Lipinski definition) is 4. The summed E-state index contributed by atoms with van der Waals surface area (Å²) in [4.78, 5) is 28.4. The number of nitrogens with one attached hydrogen (secondary N) is 1. The van der Waals surface area contributed by atoms with Crippen molar-refractivity contribution in [3.05, 3.63) is 22.8 Å². The van der Waals surface area contributed by atoms with Gasteiger partial charge in [0, 0.05) is 19.3 Å². The standard InChI is InChI=1S/C10H11ClN4O2/c11-7-3-6(4-14-9(7)12)10(17)15-2-1-13-8(16)5-15/h3-4H,1-2,5H2,(H2,12,14)(H,13,16). The van der Waals surface area contributed by atoms with E-state index < -0.39 is 0 Å². The molecular weight excluding hydrogens is 244 g/mol. The Morgan fingerprint density at radius 3 is 3.00 bits per heavy atom. The number of nitrogens with two attached hydrogens (primary N) is 1. The molecule has 0 atom stereocenters. The molecule has 6 nitrogen and oxygen atoms in total. The summed E-state index contributed by atoms with van der Waals surface area (Å²) >= 11 is 5.79. The zero-order valence-corrected chi connectivity index (χ0v) is 9.70. The van der Waals surface area contributed by atoms with Gasteiger partial charge in [0.25, 0.3) is 5.91 Å². The Morgan fingerprint density at radius 2 is 2.35 bits per heavy atom. The molecule has 1 aliphatic heterocycles. The van der Waals surface area contributed by atoms with Crippen molar-refractivity contribution in [1.29, 1.82) is 0 Å². The van der Waals surface area contributed by atoms with Gasteiger partial charge in [-0.15, -0.1) is 0 Å². The first-order valence-electron chi connectivity index (χ1n) is 5.05. The number of rotatable bonds is 1. The minimum atomic E-state index is -0.269. The van der Waals surface area contributed by atoms with Crippen LogP contribution in [0.1, 0.15) is 10.4 Å². The number of nitrogen functional groups attached to an aromatic ring is 1. The van der Waals surface area contributed by atoms with Crippen molar-refractivity contribution in [2.75, 3.05) is 25.4 Å². The van der Waals surface area contributed by atoms with Crippen LogP contribution in [0.2, 0.25) is 5.02 Å². The Kier molecular flexibility index (Phi) is 3.14. The SMILES string of the molecule is Nc1ncc(C(=O)N2CCNC(=O)C2)cc1Cl. The van der Waals surface area contributed by atoms with Gasteiger partial charge in [-0.1, -0.05) is 11.6 Å². The van der Waals surface area contributed by atoms with Crippen LogP contribution in [-0.2, 0) is 4.79 Å². The molecule has 1 saturated heterocycles. The second-order valence-corrected chi connectivity index (χ2v) is 4.07. The molecule has 0 aromatic carbocycles. The van der Waals surface area contributed by atoms with E-state index in [0.717, 1.165) is 0 Å². The third kappa shape index (κ3) is 2.47. The van der Waals surface area contributed by atoms with Gasteiger partial charge in [0.15, 0.2) is 0 Å². The number of carbonyl (C=O) groups is 2. The molecule has 90 valence electrons. The van der Waals surface area contributed by atoms with E-state index in [1.165, 1.54) is 17.2 Å². The summed E-state index contributed by atoms with van der Waals surface area (Å²) in [6, 6.07) is 1.46. The third-order valence-electron chi connectivity index (χ3n) is 2.44. The smallest absolute Gasteiger partial charge is 0.256 e. The lowest BCUT2D eigenvalue weighted by molar-refractivity contribution is -0.123. The number of nitrogens with zero attached hydrogens (tertiary/aromatic N) is 2. The predicted octanol–water partition coefficient (Wildman–Crippen LogP) is -0.111. The van der Waals surface area contributed by atoms with Crippen LogP contribution in [0.5, 0.6) is 0 Å². The fourth-order valence-corrected chi connectivity index (χ4v) is 1.73. The van der Waals surface area contributed by atoms with E-state index in [0.29, 0.717) is 18.7 Å². The van der Waals surface area contributed by atoms with Crippen molar-refractivity contribution in [3.8, 4) is 0 Å². The predicted molar refractivity (Wildman–Crippen MR) is 62.6 cm³/mol. The molecule has 7 heteroatoms. The summed E-state index contributed by atoms with van der Waals surface area (Å²) in [6.07, 6.45) is 1.36. The summed E-state index contributed by atoms with van der Waals surface area (Å²) in [5.74, 6) is -0.257. The highest BCUT2D eigenvalue weighted by Gasteiger charge is 2.22. The molecule has 0 aliphatic carbocycles. The minimum Gasteiger partial charge on any atom is -0.382 e. The van der Waals surface area contributed by atoms with E-state index in [2.05, 4.69) is 10.3 Å². The molecule has 0 radical (unpaired) electrons. The van der Waals surface area contributed by atoms with Gasteiger partial charge in [-0.05, 0) is 6.07 Å². The van der Waals surface area contributed by atoms with Gasteiger partial charge in [-0.25, -0.2) is 4.98 Å². The van der Waals surface area contributed by atoms with Crippen molar-refractivity contribution in [2.24, 2.45) is 0 Å². The topological polar surface area (TPSA) is 88.3 Å². The number of aromatic nitrogens is 1. The Labute approximate surface area is 103 Å². The molecular formula is C10H11ClN4O2. The fraction of sp³-hybridized carbons (Fsp3) is 0.300. The number of amides is 2. The Bertz CT molecular complexity index is 477. The maximum Gasteiger partial charge on any atom is 0.256 e. The first-order valence-corrected chi connectivity index (χ1v) is 5.42. The highest BCUT2D eigenvalue weighted by molar-refractivity contribution is 6.33. The minimum absolute atomic E-state index is 0.0564. The van der Waals surface area contributed by atoms with Crippen LogP contribution in [-0.4, -0.2) is 41.3 Å². The third-order valence-corrected chi connectivity index (χ3v) is 2.74. The molecule has 2 rings (SSSR count). The molecule has 0 spiro atoms. The molecule has 0 bridgehead atoms. The number of hydrogen-bond donors (Lipinski definition) is 2. The average molecular weight is 255 g/mol. The zero-order valence-electron chi connectivity index (χ0n) is 8.94. The van der Waals surface area contributed by atoms with Crippen LogP contribution in [0.4, 0.5) is 5.82 Å². The number of halogens is 1. The van der Waals surface area contributed by atoms with Crippen LogP contribution in [0.25, 0.3) is 0 Å². The fourth-order valence-electron chi connectivity index (χ4n) is 1.56. The van der Waals surface area contributed by atoms with E-state index >= 15 is 0 Å². The zero-order chi connectivity index (χ0) is 12.4. The van der Waals surface area contributed by atoms with Crippen LogP contribution in [0.15, 0.2) is 12.3 Å². The summed E-state index contributed by atoms with van der Waals surface area (Å²) < 4.78 is 0. The van der Waals surface area contributed by atoms with Gasteiger partial charge in [0.05, 0.1) is 17.1 Å². The van der Waals surface area contributed by atoms with E-state index in [1.54, 1.807) is 0 Å². The molecule has 1 aromatic rings. The molecule has 1 aromatic heterocycles. The maximum absolute atomic E-state index is 12.0. The molecule has 17 heavy (non-hydrogen) atoms. The lowest BCUT2D eigenvalue weighted by atomic mass is 10.2. The first kappa shape index (κ1) is 11.7. The monoisotopic (exact) mass is 254 g/mol. The molecule has 1 aliphatic rings. The van der Waals surface area contributed by atoms with Gasteiger partial charge in [0.1, 0.15) is 5.82 Å². The summed E-state index contributed by atoms with van der Waals surface area (Å²) in [6.45, 7) is 0.994. The molecule has 2 amide bonds.